The van der Waals surface area contributed by atoms with Crippen LogP contribution in [0.15, 0.2) is 16.8 Å². The number of allylic oxidation sites excluding steroid dienone is 1. The van der Waals surface area contributed by atoms with E-state index in [2.05, 4.69) is 32.7 Å². The second kappa shape index (κ2) is 7.78. The average molecular weight is 195 g/mol. The average Bonchev–Trinajstić information content (AvgIpc) is 2.21. The van der Waals surface area contributed by atoms with E-state index in [4.69, 9.17) is 0 Å². The van der Waals surface area contributed by atoms with Gasteiger partial charge >= 0.3 is 0 Å². The molecule has 1 heteroatoms. The summed E-state index contributed by atoms with van der Waals surface area (Å²) in [7, 11) is 0. The number of hydrogen-bond donors (Lipinski definition) is 0. The molecule has 0 aromatic carbocycles. The highest BCUT2D eigenvalue weighted by Crippen LogP contribution is 2.20. The fourth-order valence-corrected chi connectivity index (χ4v) is 1.29. The Morgan fingerprint density at radius 1 is 1.29 bits per heavy atom. The van der Waals surface area contributed by atoms with E-state index in [1.165, 1.54) is 24.8 Å². The number of rotatable bonds is 6. The molecule has 0 spiro atoms. The van der Waals surface area contributed by atoms with Crippen LogP contribution < -0.4 is 0 Å². The van der Waals surface area contributed by atoms with Crippen molar-refractivity contribution in [3.05, 3.63) is 11.8 Å². The van der Waals surface area contributed by atoms with Crippen LogP contribution in [0.3, 0.4) is 0 Å². The molecule has 0 amide bonds. The second-order valence-electron chi connectivity index (χ2n) is 4.27. The molecule has 0 aliphatic rings. The lowest BCUT2D eigenvalue weighted by Crippen LogP contribution is -2.00. The molecule has 0 rings (SSSR count). The molecule has 0 bridgehead atoms. The third kappa shape index (κ3) is 5.95. The fourth-order valence-electron chi connectivity index (χ4n) is 1.29. The van der Waals surface area contributed by atoms with E-state index in [0.717, 1.165) is 5.92 Å². The molecule has 0 aromatic rings. The molecule has 82 valence electrons. The summed E-state index contributed by atoms with van der Waals surface area (Å²) < 4.78 is 0. The molecule has 1 nitrogen and oxygen atoms in total. The van der Waals surface area contributed by atoms with Crippen LogP contribution in [0.5, 0.6) is 0 Å². The number of aliphatic imine (C=N–C) groups is 1. The molecule has 0 aromatic heterocycles. The van der Waals surface area contributed by atoms with Crippen LogP contribution in [-0.4, -0.2) is 6.21 Å². The quantitative estimate of drug-likeness (QED) is 0.555. The molecule has 14 heavy (non-hydrogen) atoms. The van der Waals surface area contributed by atoms with E-state index in [9.17, 15) is 0 Å². The summed E-state index contributed by atoms with van der Waals surface area (Å²) in [5.74, 6) is 1.53. The van der Waals surface area contributed by atoms with Crippen LogP contribution in [-0.2, 0) is 0 Å². The highest BCUT2D eigenvalue weighted by Gasteiger charge is 2.06. The Hall–Kier alpha value is -0.590. The predicted octanol–water partition coefficient (Wildman–Crippen LogP) is 4.44. The lowest BCUT2D eigenvalue weighted by molar-refractivity contribution is 0.450. The molecule has 2 unspecified atom stereocenters. The third-order valence-corrected chi connectivity index (χ3v) is 2.99. The predicted molar refractivity (Wildman–Crippen MR) is 65.8 cm³/mol. The standard InChI is InChI=1S/C13H25N/c1-6-11(3)8-9-12(4)13(5)10-14-7-2/h7,10-12H,6,8-9H2,1-5H3/b13-10-,14-7-. The Bertz CT molecular complexity index is 191. The van der Waals surface area contributed by atoms with E-state index in [0.29, 0.717) is 5.92 Å². The monoisotopic (exact) mass is 195 g/mol. The van der Waals surface area contributed by atoms with Crippen molar-refractivity contribution in [3.63, 3.8) is 0 Å². The maximum absolute atomic E-state index is 4.15. The molecule has 0 aliphatic carbocycles. The van der Waals surface area contributed by atoms with Crippen molar-refractivity contribution in [2.45, 2.75) is 53.9 Å². The first-order chi connectivity index (χ1) is 6.61. The van der Waals surface area contributed by atoms with Gasteiger partial charge in [0.15, 0.2) is 0 Å². The van der Waals surface area contributed by atoms with Crippen molar-refractivity contribution in [2.24, 2.45) is 16.8 Å². The minimum atomic E-state index is 0.674. The fraction of sp³-hybridized carbons (Fsp3) is 0.769. The van der Waals surface area contributed by atoms with Gasteiger partial charge in [-0.15, -0.1) is 0 Å². The summed E-state index contributed by atoms with van der Waals surface area (Å²) in [4.78, 5) is 4.15. The van der Waals surface area contributed by atoms with Gasteiger partial charge in [-0.25, -0.2) is 0 Å². The zero-order valence-electron chi connectivity index (χ0n) is 10.4. The van der Waals surface area contributed by atoms with Gasteiger partial charge in [-0.1, -0.05) is 39.2 Å². The summed E-state index contributed by atoms with van der Waals surface area (Å²) in [5.41, 5.74) is 1.39. The summed E-state index contributed by atoms with van der Waals surface area (Å²) in [6, 6.07) is 0. The van der Waals surface area contributed by atoms with Crippen LogP contribution >= 0.6 is 0 Å². The van der Waals surface area contributed by atoms with Crippen molar-refractivity contribution in [1.29, 1.82) is 0 Å². The van der Waals surface area contributed by atoms with Crippen LogP contribution in [0.1, 0.15) is 53.9 Å². The Kier molecular flexibility index (Phi) is 7.45. The first-order valence-electron chi connectivity index (χ1n) is 5.76. The summed E-state index contributed by atoms with van der Waals surface area (Å²) in [6.07, 6.45) is 7.74. The zero-order valence-corrected chi connectivity index (χ0v) is 10.4. The van der Waals surface area contributed by atoms with Crippen LogP contribution in [0.4, 0.5) is 0 Å². The van der Waals surface area contributed by atoms with Gasteiger partial charge in [0.2, 0.25) is 0 Å². The molecule has 0 saturated heterocycles. The molecule has 0 saturated carbocycles. The van der Waals surface area contributed by atoms with Gasteiger partial charge in [-0.3, -0.25) is 4.99 Å². The van der Waals surface area contributed by atoms with E-state index >= 15 is 0 Å². The molecule has 0 heterocycles. The number of nitrogens with zero attached hydrogens (tertiary/aromatic N) is 1. The highest BCUT2D eigenvalue weighted by molar-refractivity contribution is 5.54. The van der Waals surface area contributed by atoms with Gasteiger partial charge in [-0.2, -0.15) is 0 Å². The maximum Gasteiger partial charge on any atom is 0.0255 e. The Morgan fingerprint density at radius 3 is 2.43 bits per heavy atom. The van der Waals surface area contributed by atoms with Crippen molar-refractivity contribution < 1.29 is 0 Å². The van der Waals surface area contributed by atoms with Gasteiger partial charge in [0.1, 0.15) is 0 Å². The van der Waals surface area contributed by atoms with E-state index in [1.54, 1.807) is 0 Å². The summed E-state index contributed by atoms with van der Waals surface area (Å²) in [5, 5.41) is 0. The van der Waals surface area contributed by atoms with Gasteiger partial charge in [0.05, 0.1) is 0 Å². The minimum absolute atomic E-state index is 0.674. The van der Waals surface area contributed by atoms with E-state index in [1.807, 2.05) is 19.3 Å². The number of hydrogen-bond acceptors (Lipinski definition) is 1. The molecular formula is C13H25N. The summed E-state index contributed by atoms with van der Waals surface area (Å²) in [6.45, 7) is 11.0. The van der Waals surface area contributed by atoms with Crippen molar-refractivity contribution in [1.82, 2.24) is 0 Å². The lowest BCUT2D eigenvalue weighted by atomic mass is 9.92. The van der Waals surface area contributed by atoms with Gasteiger partial charge < -0.3 is 0 Å². The Morgan fingerprint density at radius 2 is 1.93 bits per heavy atom. The van der Waals surface area contributed by atoms with E-state index in [-0.39, 0.29) is 0 Å². The van der Waals surface area contributed by atoms with Crippen LogP contribution in [0.2, 0.25) is 0 Å². The SMILES string of the molecule is C/C=N\C=C(\C)C(C)CCC(C)CC. The second-order valence-corrected chi connectivity index (χ2v) is 4.27. The van der Waals surface area contributed by atoms with Gasteiger partial charge in [0.25, 0.3) is 0 Å². The maximum atomic E-state index is 4.15. The smallest absolute Gasteiger partial charge is 0.0255 e. The lowest BCUT2D eigenvalue weighted by Gasteiger charge is -2.14. The first-order valence-corrected chi connectivity index (χ1v) is 5.76. The first kappa shape index (κ1) is 13.4. The topological polar surface area (TPSA) is 12.4 Å². The molecule has 0 N–H and O–H groups in total. The Labute approximate surface area is 89.3 Å². The third-order valence-electron chi connectivity index (χ3n) is 2.99. The van der Waals surface area contributed by atoms with Crippen molar-refractivity contribution in [2.75, 3.05) is 0 Å². The Balaban J connectivity index is 3.89. The molecule has 0 fully saturated rings. The molecular weight excluding hydrogens is 170 g/mol. The van der Waals surface area contributed by atoms with Crippen LogP contribution in [0.25, 0.3) is 0 Å². The summed E-state index contributed by atoms with van der Waals surface area (Å²) >= 11 is 0. The normalized spacial score (nSPS) is 17.4. The molecule has 0 radical (unpaired) electrons. The van der Waals surface area contributed by atoms with Gasteiger partial charge in [0, 0.05) is 12.4 Å². The largest absolute Gasteiger partial charge is 0.269 e. The van der Waals surface area contributed by atoms with Gasteiger partial charge in [-0.05, 0) is 32.1 Å². The van der Waals surface area contributed by atoms with Crippen LogP contribution in [0, 0.1) is 11.8 Å². The highest BCUT2D eigenvalue weighted by atomic mass is 14.7. The molecule has 2 atom stereocenters. The minimum Gasteiger partial charge on any atom is -0.269 e. The zero-order chi connectivity index (χ0) is 11.0. The van der Waals surface area contributed by atoms with Crippen molar-refractivity contribution in [3.8, 4) is 0 Å². The van der Waals surface area contributed by atoms with Crippen molar-refractivity contribution >= 4 is 6.21 Å². The molecule has 0 aliphatic heterocycles. The van der Waals surface area contributed by atoms with E-state index < -0.39 is 0 Å².